The molecule has 0 bridgehead atoms. The lowest BCUT2D eigenvalue weighted by atomic mass is 10.2. The van der Waals surface area contributed by atoms with Crippen LogP contribution in [-0.2, 0) is 4.79 Å². The second-order valence-corrected chi connectivity index (χ2v) is 3.31. The van der Waals surface area contributed by atoms with Gasteiger partial charge >= 0.3 is 5.97 Å². The van der Waals surface area contributed by atoms with Gasteiger partial charge in [-0.3, -0.25) is 0 Å². The molecule has 0 unspecified atom stereocenters. The first-order chi connectivity index (χ1) is 6.63. The van der Waals surface area contributed by atoms with Crippen molar-refractivity contribution in [2.45, 2.75) is 26.3 Å². The number of anilines is 1. The van der Waals surface area contributed by atoms with Crippen LogP contribution >= 0.6 is 0 Å². The molecule has 3 nitrogen and oxygen atoms in total. The summed E-state index contributed by atoms with van der Waals surface area (Å²) >= 11 is 0. The zero-order chi connectivity index (χ0) is 10.6. The number of carboxylic acid groups (broad SMARTS) is 1. The largest absolute Gasteiger partial charge is 0.480 e. The molecule has 3 heteroatoms. The minimum Gasteiger partial charge on any atom is -0.480 e. The van der Waals surface area contributed by atoms with E-state index in [-0.39, 0.29) is 0 Å². The molecule has 14 heavy (non-hydrogen) atoms. The first kappa shape index (κ1) is 10.6. The number of aryl methyl sites for hydroxylation is 1. The highest BCUT2D eigenvalue weighted by Gasteiger charge is 2.13. The average Bonchev–Trinajstić information content (AvgIpc) is 2.16. The van der Waals surface area contributed by atoms with Crippen LogP contribution in [0.5, 0.6) is 0 Å². The maximum atomic E-state index is 10.7. The fourth-order valence-corrected chi connectivity index (χ4v) is 1.19. The third-order valence-electron chi connectivity index (χ3n) is 2.10. The van der Waals surface area contributed by atoms with Crippen molar-refractivity contribution in [2.24, 2.45) is 0 Å². The molecular weight excluding hydrogens is 178 g/mol. The number of rotatable bonds is 4. The number of carbonyl (C=O) groups is 1. The van der Waals surface area contributed by atoms with Gasteiger partial charge in [0.25, 0.3) is 0 Å². The fourth-order valence-electron chi connectivity index (χ4n) is 1.19. The molecule has 0 amide bonds. The maximum absolute atomic E-state index is 10.7. The molecule has 0 fully saturated rings. The zero-order valence-corrected chi connectivity index (χ0v) is 8.45. The van der Waals surface area contributed by atoms with Crippen molar-refractivity contribution >= 4 is 11.7 Å². The Morgan fingerprint density at radius 2 is 2.00 bits per heavy atom. The van der Waals surface area contributed by atoms with Gasteiger partial charge in [-0.05, 0) is 25.5 Å². The SMILES string of the molecule is CC[C@@H](Nc1ccc(C)cc1)C(=O)O. The summed E-state index contributed by atoms with van der Waals surface area (Å²) < 4.78 is 0. The van der Waals surface area contributed by atoms with E-state index in [0.717, 1.165) is 5.69 Å². The summed E-state index contributed by atoms with van der Waals surface area (Å²) in [5.74, 6) is -0.812. The summed E-state index contributed by atoms with van der Waals surface area (Å²) in [6, 6.07) is 7.19. The molecule has 0 radical (unpaired) electrons. The standard InChI is InChI=1S/C11H15NO2/c1-3-10(11(13)14)12-9-6-4-8(2)5-7-9/h4-7,10,12H,3H2,1-2H3,(H,13,14)/t10-/m1/s1. The van der Waals surface area contributed by atoms with Crippen LogP contribution in [-0.4, -0.2) is 17.1 Å². The molecule has 0 spiro atoms. The number of hydrogen-bond acceptors (Lipinski definition) is 2. The molecule has 0 saturated heterocycles. The van der Waals surface area contributed by atoms with Crippen molar-refractivity contribution in [2.75, 3.05) is 5.32 Å². The quantitative estimate of drug-likeness (QED) is 0.771. The Morgan fingerprint density at radius 1 is 1.43 bits per heavy atom. The highest BCUT2D eigenvalue weighted by atomic mass is 16.4. The van der Waals surface area contributed by atoms with Gasteiger partial charge in [0.15, 0.2) is 0 Å². The molecule has 0 aliphatic rings. The summed E-state index contributed by atoms with van der Waals surface area (Å²) in [5, 5.41) is 11.8. The Hall–Kier alpha value is -1.51. The molecule has 1 atom stereocenters. The second kappa shape index (κ2) is 4.65. The molecular formula is C11H15NO2. The van der Waals surface area contributed by atoms with Crippen molar-refractivity contribution < 1.29 is 9.90 Å². The van der Waals surface area contributed by atoms with E-state index in [9.17, 15) is 4.79 Å². The van der Waals surface area contributed by atoms with Crippen LogP contribution < -0.4 is 5.32 Å². The van der Waals surface area contributed by atoms with Crippen LogP contribution in [0, 0.1) is 6.92 Å². The average molecular weight is 193 g/mol. The normalized spacial score (nSPS) is 12.1. The smallest absolute Gasteiger partial charge is 0.326 e. The van der Waals surface area contributed by atoms with Crippen LogP contribution in [0.1, 0.15) is 18.9 Å². The topological polar surface area (TPSA) is 49.3 Å². The van der Waals surface area contributed by atoms with Crippen molar-refractivity contribution in [1.82, 2.24) is 0 Å². The monoisotopic (exact) mass is 193 g/mol. The van der Waals surface area contributed by atoms with Crippen molar-refractivity contribution in [1.29, 1.82) is 0 Å². The van der Waals surface area contributed by atoms with Crippen molar-refractivity contribution in [3.63, 3.8) is 0 Å². The fraction of sp³-hybridized carbons (Fsp3) is 0.364. The van der Waals surface area contributed by atoms with Gasteiger partial charge in [0.1, 0.15) is 6.04 Å². The highest BCUT2D eigenvalue weighted by Crippen LogP contribution is 2.11. The molecule has 2 N–H and O–H groups in total. The lowest BCUT2D eigenvalue weighted by Gasteiger charge is -2.13. The van der Waals surface area contributed by atoms with E-state index >= 15 is 0 Å². The van der Waals surface area contributed by atoms with E-state index in [1.54, 1.807) is 0 Å². The van der Waals surface area contributed by atoms with Crippen LogP contribution in [0.25, 0.3) is 0 Å². The van der Waals surface area contributed by atoms with E-state index in [2.05, 4.69) is 5.32 Å². The van der Waals surface area contributed by atoms with Gasteiger partial charge < -0.3 is 10.4 Å². The number of carboxylic acids is 1. The Morgan fingerprint density at radius 3 is 2.43 bits per heavy atom. The van der Waals surface area contributed by atoms with Crippen LogP contribution in [0.2, 0.25) is 0 Å². The van der Waals surface area contributed by atoms with E-state index in [1.807, 2.05) is 38.1 Å². The molecule has 0 heterocycles. The third kappa shape index (κ3) is 2.76. The van der Waals surface area contributed by atoms with Crippen LogP contribution in [0.4, 0.5) is 5.69 Å². The summed E-state index contributed by atoms with van der Waals surface area (Å²) in [6.45, 7) is 3.85. The van der Waals surface area contributed by atoms with E-state index < -0.39 is 12.0 Å². The molecule has 0 aromatic heterocycles. The Bertz CT molecular complexity index is 306. The molecule has 76 valence electrons. The minimum atomic E-state index is -0.812. The summed E-state index contributed by atoms with van der Waals surface area (Å²) in [4.78, 5) is 10.7. The van der Waals surface area contributed by atoms with Gasteiger partial charge in [-0.2, -0.15) is 0 Å². The summed E-state index contributed by atoms with van der Waals surface area (Å²) in [6.07, 6.45) is 0.573. The van der Waals surface area contributed by atoms with Crippen LogP contribution in [0.15, 0.2) is 24.3 Å². The Labute approximate surface area is 83.8 Å². The summed E-state index contributed by atoms with van der Waals surface area (Å²) in [5.41, 5.74) is 2.02. The van der Waals surface area contributed by atoms with E-state index in [4.69, 9.17) is 5.11 Å². The Kier molecular flexibility index (Phi) is 3.51. The predicted molar refractivity (Wildman–Crippen MR) is 56.5 cm³/mol. The van der Waals surface area contributed by atoms with Crippen molar-refractivity contribution in [3.05, 3.63) is 29.8 Å². The lowest BCUT2D eigenvalue weighted by Crippen LogP contribution is -2.28. The van der Waals surface area contributed by atoms with Gasteiger partial charge in [-0.15, -0.1) is 0 Å². The number of aliphatic carboxylic acids is 1. The highest BCUT2D eigenvalue weighted by molar-refractivity contribution is 5.77. The molecule has 0 saturated carbocycles. The number of benzene rings is 1. The summed E-state index contributed by atoms with van der Waals surface area (Å²) in [7, 11) is 0. The first-order valence-corrected chi connectivity index (χ1v) is 4.69. The number of nitrogens with one attached hydrogen (secondary N) is 1. The van der Waals surface area contributed by atoms with Gasteiger partial charge in [-0.1, -0.05) is 24.6 Å². The van der Waals surface area contributed by atoms with Crippen molar-refractivity contribution in [3.8, 4) is 0 Å². The van der Waals surface area contributed by atoms with Gasteiger partial charge in [0.2, 0.25) is 0 Å². The minimum absolute atomic E-state index is 0.502. The molecule has 0 aliphatic heterocycles. The second-order valence-electron chi connectivity index (χ2n) is 3.31. The number of hydrogen-bond donors (Lipinski definition) is 2. The first-order valence-electron chi connectivity index (χ1n) is 4.69. The maximum Gasteiger partial charge on any atom is 0.326 e. The molecule has 1 aromatic rings. The lowest BCUT2D eigenvalue weighted by molar-refractivity contribution is -0.137. The van der Waals surface area contributed by atoms with Crippen LogP contribution in [0.3, 0.4) is 0 Å². The molecule has 1 rings (SSSR count). The third-order valence-corrected chi connectivity index (χ3v) is 2.10. The zero-order valence-electron chi connectivity index (χ0n) is 8.45. The van der Waals surface area contributed by atoms with Gasteiger partial charge in [-0.25, -0.2) is 4.79 Å². The van der Waals surface area contributed by atoms with E-state index in [0.29, 0.717) is 6.42 Å². The van der Waals surface area contributed by atoms with E-state index in [1.165, 1.54) is 5.56 Å². The Balaban J connectivity index is 2.67. The molecule has 0 aliphatic carbocycles. The van der Waals surface area contributed by atoms with Gasteiger partial charge in [0, 0.05) is 5.69 Å². The van der Waals surface area contributed by atoms with Gasteiger partial charge in [0.05, 0.1) is 0 Å². The predicted octanol–water partition coefficient (Wildman–Crippen LogP) is 2.27. The molecule has 1 aromatic carbocycles.